The highest BCUT2D eigenvalue weighted by Gasteiger charge is 2.06. The van der Waals surface area contributed by atoms with Crippen LogP contribution in [0.15, 0.2) is 17.1 Å². The number of hydrogen-bond donors (Lipinski definition) is 1. The fraction of sp³-hybridized carbons (Fsp3) is 0.143. The number of nitrogens with zero attached hydrogens (tertiary/aromatic N) is 1. The molecule has 0 bridgehead atoms. The minimum atomic E-state index is -0.352. The summed E-state index contributed by atoms with van der Waals surface area (Å²) in [7, 11) is 0. The topological polar surface area (TPSA) is 36.2 Å². The predicted octanol–water partition coefficient (Wildman–Crippen LogP) is 0.649. The van der Waals surface area contributed by atoms with Gasteiger partial charge >= 0.3 is 0 Å². The van der Waals surface area contributed by atoms with Crippen molar-refractivity contribution in [3.05, 3.63) is 12.2 Å². The average molecular weight is 118 g/mol. The molecule has 0 fully saturated rings. The smallest absolute Gasteiger partial charge is 0.151 e. The lowest BCUT2D eigenvalue weighted by Crippen LogP contribution is -2.15. The molecule has 0 aromatic heterocycles. The Morgan fingerprint density at radius 1 is 1.78 bits per heavy atom. The van der Waals surface area contributed by atoms with Gasteiger partial charge in [0.2, 0.25) is 0 Å². The van der Waals surface area contributed by atoms with Crippen molar-refractivity contribution in [3.8, 4) is 12.3 Å². The SMILES string of the molecule is C#CC1N=CC=CC1=N. The molecule has 1 unspecified atom stereocenters. The van der Waals surface area contributed by atoms with Crippen LogP contribution < -0.4 is 0 Å². The van der Waals surface area contributed by atoms with E-state index >= 15 is 0 Å². The zero-order valence-electron chi connectivity index (χ0n) is 4.83. The molecule has 2 nitrogen and oxygen atoms in total. The van der Waals surface area contributed by atoms with E-state index in [1.54, 1.807) is 18.4 Å². The minimum absolute atomic E-state index is 0.352. The highest BCUT2D eigenvalue weighted by Crippen LogP contribution is 1.96. The molecule has 1 aliphatic heterocycles. The Morgan fingerprint density at radius 2 is 2.56 bits per heavy atom. The van der Waals surface area contributed by atoms with Gasteiger partial charge in [0.15, 0.2) is 6.04 Å². The standard InChI is InChI=1S/C7H6N2/c1-2-7-6(8)4-3-5-9-7/h1,3-5,7-8H. The molecule has 44 valence electrons. The van der Waals surface area contributed by atoms with E-state index in [-0.39, 0.29) is 6.04 Å². The van der Waals surface area contributed by atoms with Crippen molar-refractivity contribution in [2.75, 3.05) is 0 Å². The molecule has 0 aliphatic carbocycles. The van der Waals surface area contributed by atoms with Gasteiger partial charge in [-0.05, 0) is 12.2 Å². The first-order chi connectivity index (χ1) is 4.34. The third-order valence-corrected chi connectivity index (χ3v) is 1.05. The molecule has 0 saturated heterocycles. The fourth-order valence-electron chi connectivity index (χ4n) is 0.587. The molecule has 0 saturated carbocycles. The fourth-order valence-corrected chi connectivity index (χ4v) is 0.587. The van der Waals surface area contributed by atoms with Crippen LogP contribution in [-0.2, 0) is 0 Å². The largest absolute Gasteiger partial charge is 0.302 e. The molecular weight excluding hydrogens is 112 g/mol. The van der Waals surface area contributed by atoms with E-state index in [4.69, 9.17) is 11.8 Å². The van der Waals surface area contributed by atoms with E-state index in [9.17, 15) is 0 Å². The van der Waals surface area contributed by atoms with Gasteiger partial charge in [-0.15, -0.1) is 6.42 Å². The van der Waals surface area contributed by atoms with Crippen LogP contribution in [0.25, 0.3) is 0 Å². The molecule has 0 spiro atoms. The van der Waals surface area contributed by atoms with Gasteiger partial charge in [0.25, 0.3) is 0 Å². The summed E-state index contributed by atoms with van der Waals surface area (Å²) in [5, 5.41) is 7.20. The lowest BCUT2D eigenvalue weighted by atomic mass is 10.1. The third-order valence-electron chi connectivity index (χ3n) is 1.05. The molecule has 1 atom stereocenters. The van der Waals surface area contributed by atoms with E-state index in [0.29, 0.717) is 5.71 Å². The number of nitrogens with one attached hydrogen (secondary N) is 1. The molecule has 1 rings (SSSR count). The summed E-state index contributed by atoms with van der Waals surface area (Å²) < 4.78 is 0. The zero-order valence-corrected chi connectivity index (χ0v) is 4.83. The summed E-state index contributed by atoms with van der Waals surface area (Å²) in [5.41, 5.74) is 0.389. The Bertz CT molecular complexity index is 218. The molecule has 1 heterocycles. The first kappa shape index (κ1) is 5.77. The van der Waals surface area contributed by atoms with Crippen LogP contribution >= 0.6 is 0 Å². The number of dihydropyridines is 1. The summed E-state index contributed by atoms with van der Waals surface area (Å²) in [6, 6.07) is -0.352. The summed E-state index contributed by atoms with van der Waals surface area (Å²) >= 11 is 0. The first-order valence-electron chi connectivity index (χ1n) is 2.59. The number of rotatable bonds is 0. The van der Waals surface area contributed by atoms with Gasteiger partial charge in [-0.1, -0.05) is 5.92 Å². The van der Waals surface area contributed by atoms with Crippen molar-refractivity contribution < 1.29 is 0 Å². The van der Waals surface area contributed by atoms with E-state index in [2.05, 4.69) is 10.9 Å². The Kier molecular flexibility index (Phi) is 1.46. The maximum Gasteiger partial charge on any atom is 0.151 e. The summed E-state index contributed by atoms with van der Waals surface area (Å²) in [6.45, 7) is 0. The third kappa shape index (κ3) is 1.06. The molecule has 9 heavy (non-hydrogen) atoms. The van der Waals surface area contributed by atoms with Crippen molar-refractivity contribution in [2.24, 2.45) is 4.99 Å². The highest BCUT2D eigenvalue weighted by molar-refractivity contribution is 6.04. The number of terminal acetylenes is 1. The maximum absolute atomic E-state index is 7.20. The molecule has 0 aromatic carbocycles. The lowest BCUT2D eigenvalue weighted by Gasteiger charge is -2.04. The minimum Gasteiger partial charge on any atom is -0.302 e. The van der Waals surface area contributed by atoms with Gasteiger partial charge in [0.1, 0.15) is 0 Å². The Labute approximate surface area is 53.8 Å². The van der Waals surface area contributed by atoms with Crippen molar-refractivity contribution in [3.63, 3.8) is 0 Å². The normalized spacial score (nSPS) is 23.9. The highest BCUT2D eigenvalue weighted by atomic mass is 14.8. The molecule has 0 amide bonds. The van der Waals surface area contributed by atoms with E-state index < -0.39 is 0 Å². The van der Waals surface area contributed by atoms with Gasteiger partial charge in [-0.2, -0.15) is 0 Å². The molecule has 2 heteroatoms. The van der Waals surface area contributed by atoms with Crippen LogP contribution in [0, 0.1) is 17.8 Å². The zero-order chi connectivity index (χ0) is 6.69. The second-order valence-corrected chi connectivity index (χ2v) is 1.68. The van der Waals surface area contributed by atoms with Crippen LogP contribution in [0.2, 0.25) is 0 Å². The van der Waals surface area contributed by atoms with Crippen molar-refractivity contribution >= 4 is 11.9 Å². The van der Waals surface area contributed by atoms with Crippen LogP contribution in [-0.4, -0.2) is 18.0 Å². The van der Waals surface area contributed by atoms with Crippen LogP contribution in [0.4, 0.5) is 0 Å². The second kappa shape index (κ2) is 2.27. The lowest BCUT2D eigenvalue weighted by molar-refractivity contribution is 1.11. The molecule has 0 aromatic rings. The number of hydrogen-bond acceptors (Lipinski definition) is 2. The number of allylic oxidation sites excluding steroid dienone is 1. The van der Waals surface area contributed by atoms with E-state index in [1.165, 1.54) is 0 Å². The summed E-state index contributed by atoms with van der Waals surface area (Å²) in [4.78, 5) is 3.86. The number of aliphatic imine (C=N–C) groups is 1. The van der Waals surface area contributed by atoms with Gasteiger partial charge in [-0.3, -0.25) is 4.99 Å². The van der Waals surface area contributed by atoms with Gasteiger partial charge in [-0.25, -0.2) is 0 Å². The van der Waals surface area contributed by atoms with Gasteiger partial charge < -0.3 is 5.41 Å². The second-order valence-electron chi connectivity index (χ2n) is 1.68. The summed E-state index contributed by atoms with van der Waals surface area (Å²) in [6.07, 6.45) is 10.0. The molecule has 1 aliphatic rings. The van der Waals surface area contributed by atoms with E-state index in [1.807, 2.05) is 0 Å². The van der Waals surface area contributed by atoms with Gasteiger partial charge in [0, 0.05) is 6.21 Å². The maximum atomic E-state index is 7.20. The van der Waals surface area contributed by atoms with Crippen LogP contribution in [0.1, 0.15) is 0 Å². The first-order valence-corrected chi connectivity index (χ1v) is 2.59. The van der Waals surface area contributed by atoms with Crippen molar-refractivity contribution in [2.45, 2.75) is 6.04 Å². The van der Waals surface area contributed by atoms with Gasteiger partial charge in [0.05, 0.1) is 5.71 Å². The van der Waals surface area contributed by atoms with Crippen LogP contribution in [0.3, 0.4) is 0 Å². The Hall–Kier alpha value is -1.36. The molecular formula is C7H6N2. The Balaban J connectivity index is 2.81. The predicted molar refractivity (Wildman–Crippen MR) is 38.0 cm³/mol. The molecule has 1 N–H and O–H groups in total. The summed E-state index contributed by atoms with van der Waals surface area (Å²) in [5.74, 6) is 2.38. The van der Waals surface area contributed by atoms with Crippen LogP contribution in [0.5, 0.6) is 0 Å². The van der Waals surface area contributed by atoms with E-state index in [0.717, 1.165) is 0 Å². The van der Waals surface area contributed by atoms with Crippen molar-refractivity contribution in [1.82, 2.24) is 0 Å². The molecule has 0 radical (unpaired) electrons. The Morgan fingerprint density at radius 3 is 3.00 bits per heavy atom. The monoisotopic (exact) mass is 118 g/mol. The average Bonchev–Trinajstić information content (AvgIpc) is 1.89. The quantitative estimate of drug-likeness (QED) is 0.453. The van der Waals surface area contributed by atoms with Crippen molar-refractivity contribution in [1.29, 1.82) is 5.41 Å².